The Morgan fingerprint density at radius 3 is 2.38 bits per heavy atom. The molecule has 0 saturated carbocycles. The van der Waals surface area contributed by atoms with Gasteiger partial charge in [0, 0.05) is 5.56 Å². The van der Waals surface area contributed by atoms with E-state index >= 15 is 0 Å². The lowest BCUT2D eigenvalue weighted by Crippen LogP contribution is -2.60. The van der Waals surface area contributed by atoms with E-state index in [2.05, 4.69) is 4.52 Å². The van der Waals surface area contributed by atoms with Gasteiger partial charge in [0.05, 0.1) is 13.2 Å². The number of benzene rings is 1. The van der Waals surface area contributed by atoms with Crippen LogP contribution >= 0.6 is 7.82 Å². The Bertz CT molecular complexity index is 590. The van der Waals surface area contributed by atoms with Crippen molar-refractivity contribution in [2.24, 2.45) is 0 Å². The summed E-state index contributed by atoms with van der Waals surface area (Å²) in [4.78, 5) is 17.4. The molecule has 6 N–H and O–H groups in total. The van der Waals surface area contributed by atoms with Gasteiger partial charge in [-0.25, -0.2) is 4.57 Å². The lowest BCUT2D eigenvalue weighted by Gasteiger charge is -2.40. The first-order valence-corrected chi connectivity index (χ1v) is 8.51. The second-order valence-corrected chi connectivity index (χ2v) is 6.42. The molecular formula is C13H19O10P. The molecule has 1 aliphatic rings. The van der Waals surface area contributed by atoms with E-state index in [-0.39, 0.29) is 12.4 Å². The number of phosphoric ester groups is 1. The minimum absolute atomic E-state index is 0.183. The second-order valence-electron chi connectivity index (χ2n) is 5.18. The number of ether oxygens (including phenoxy) is 2. The Morgan fingerprint density at radius 1 is 1.08 bits per heavy atom. The van der Waals surface area contributed by atoms with E-state index in [1.54, 1.807) is 18.2 Å². The molecule has 1 saturated heterocycles. The first-order chi connectivity index (χ1) is 11.2. The molecule has 0 unspecified atom stereocenters. The Labute approximate surface area is 137 Å². The molecule has 136 valence electrons. The minimum atomic E-state index is -4.80. The highest BCUT2D eigenvalue weighted by Gasteiger charge is 2.45. The molecule has 10 nitrogen and oxygen atoms in total. The summed E-state index contributed by atoms with van der Waals surface area (Å²) >= 11 is 0. The highest BCUT2D eigenvalue weighted by Crippen LogP contribution is 2.37. The molecule has 1 aromatic rings. The van der Waals surface area contributed by atoms with Gasteiger partial charge in [-0.05, 0) is 6.07 Å². The van der Waals surface area contributed by atoms with Crippen LogP contribution < -0.4 is 4.74 Å². The van der Waals surface area contributed by atoms with Gasteiger partial charge in [-0.2, -0.15) is 0 Å². The zero-order chi connectivity index (χ0) is 17.9. The van der Waals surface area contributed by atoms with Crippen molar-refractivity contribution < 1.29 is 48.8 Å². The third-order valence-electron chi connectivity index (χ3n) is 3.46. The molecule has 0 aliphatic carbocycles. The number of rotatable bonds is 6. The smallest absolute Gasteiger partial charge is 0.462 e. The number of phosphoric acid groups is 1. The van der Waals surface area contributed by atoms with E-state index in [0.717, 1.165) is 0 Å². The van der Waals surface area contributed by atoms with Crippen molar-refractivity contribution in [3.05, 3.63) is 29.8 Å². The topological polar surface area (TPSA) is 166 Å². The van der Waals surface area contributed by atoms with Crippen LogP contribution in [-0.4, -0.2) is 67.5 Å². The summed E-state index contributed by atoms with van der Waals surface area (Å²) in [5.74, 6) is 0.183. The van der Waals surface area contributed by atoms with Gasteiger partial charge < -0.3 is 39.7 Å². The van der Waals surface area contributed by atoms with Crippen molar-refractivity contribution in [3.63, 3.8) is 0 Å². The molecule has 0 radical (unpaired) electrons. The third-order valence-corrected chi connectivity index (χ3v) is 3.95. The standard InChI is InChI=1S/C13H19O10P/c14-5-7-3-1-2-4-8(7)22-13-12(17)11(16)10(15)9(23-13)6-21-24(18,19)20/h1-4,9-17H,5-6H2,(H2,18,19,20)/t9-,10+,11+,12-,13-/m1/s1. The van der Waals surface area contributed by atoms with Crippen LogP contribution in [0.1, 0.15) is 5.56 Å². The van der Waals surface area contributed by atoms with Gasteiger partial charge in [-0.1, -0.05) is 18.2 Å². The molecule has 1 heterocycles. The van der Waals surface area contributed by atoms with Crippen molar-refractivity contribution in [3.8, 4) is 5.75 Å². The number of hydrogen-bond donors (Lipinski definition) is 6. The molecule has 1 fully saturated rings. The number of aliphatic hydroxyl groups is 4. The molecule has 1 aromatic carbocycles. The lowest BCUT2D eigenvalue weighted by molar-refractivity contribution is -0.276. The van der Waals surface area contributed by atoms with Gasteiger partial charge in [-0.15, -0.1) is 0 Å². The summed E-state index contributed by atoms with van der Waals surface area (Å²) in [5.41, 5.74) is 0.400. The summed E-state index contributed by atoms with van der Waals surface area (Å²) in [6, 6.07) is 6.35. The highest BCUT2D eigenvalue weighted by atomic mass is 31.2. The van der Waals surface area contributed by atoms with Crippen LogP contribution in [0.15, 0.2) is 24.3 Å². The Morgan fingerprint density at radius 2 is 1.75 bits per heavy atom. The molecular weight excluding hydrogens is 347 g/mol. The molecule has 0 amide bonds. The van der Waals surface area contributed by atoms with Crippen molar-refractivity contribution in [2.45, 2.75) is 37.3 Å². The highest BCUT2D eigenvalue weighted by molar-refractivity contribution is 7.46. The van der Waals surface area contributed by atoms with Gasteiger partial charge in [0.1, 0.15) is 30.2 Å². The molecule has 0 spiro atoms. The van der Waals surface area contributed by atoms with Gasteiger partial charge in [-0.3, -0.25) is 4.52 Å². The molecule has 2 rings (SSSR count). The number of hydrogen-bond acceptors (Lipinski definition) is 8. The molecule has 24 heavy (non-hydrogen) atoms. The number of para-hydroxylation sites is 1. The van der Waals surface area contributed by atoms with Gasteiger partial charge in [0.2, 0.25) is 6.29 Å². The first kappa shape index (κ1) is 19.3. The Hall–Kier alpha value is -1.07. The summed E-state index contributed by atoms with van der Waals surface area (Å²) in [6.45, 7) is -1.06. The van der Waals surface area contributed by atoms with Crippen LogP contribution in [-0.2, 0) is 20.4 Å². The fourth-order valence-electron chi connectivity index (χ4n) is 2.20. The van der Waals surface area contributed by atoms with Crippen LogP contribution in [0.25, 0.3) is 0 Å². The zero-order valence-electron chi connectivity index (χ0n) is 12.4. The predicted octanol–water partition coefficient (Wildman–Crippen LogP) is -1.53. The van der Waals surface area contributed by atoms with E-state index in [1.165, 1.54) is 6.07 Å². The monoisotopic (exact) mass is 366 g/mol. The van der Waals surface area contributed by atoms with Gasteiger partial charge in [0.15, 0.2) is 0 Å². The van der Waals surface area contributed by atoms with E-state index in [0.29, 0.717) is 5.56 Å². The fourth-order valence-corrected chi connectivity index (χ4v) is 2.54. The largest absolute Gasteiger partial charge is 0.469 e. The summed E-state index contributed by atoms with van der Waals surface area (Å²) in [7, 11) is -4.80. The van der Waals surface area contributed by atoms with Crippen LogP contribution in [0.5, 0.6) is 5.75 Å². The van der Waals surface area contributed by atoms with E-state index in [1.807, 2.05) is 0 Å². The normalized spacial score (nSPS) is 31.0. The number of aliphatic hydroxyl groups excluding tert-OH is 4. The zero-order valence-corrected chi connectivity index (χ0v) is 13.3. The Balaban J connectivity index is 2.12. The van der Waals surface area contributed by atoms with Gasteiger partial charge >= 0.3 is 7.82 Å². The molecule has 5 atom stereocenters. The van der Waals surface area contributed by atoms with E-state index in [4.69, 9.17) is 19.3 Å². The SMILES string of the molecule is O=P(O)(O)OC[C@H]1O[C@@H](Oc2ccccc2CO)[C@H](O)[C@@H](O)[C@H]1O. The van der Waals surface area contributed by atoms with Crippen LogP contribution in [0.2, 0.25) is 0 Å². The fraction of sp³-hybridized carbons (Fsp3) is 0.538. The van der Waals surface area contributed by atoms with Crippen molar-refractivity contribution >= 4 is 7.82 Å². The van der Waals surface area contributed by atoms with E-state index in [9.17, 15) is 25.0 Å². The molecule has 0 bridgehead atoms. The average Bonchev–Trinajstić information content (AvgIpc) is 2.54. The van der Waals surface area contributed by atoms with Crippen molar-refractivity contribution in [1.82, 2.24) is 0 Å². The van der Waals surface area contributed by atoms with Gasteiger partial charge in [0.25, 0.3) is 0 Å². The molecule has 1 aliphatic heterocycles. The van der Waals surface area contributed by atoms with Crippen LogP contribution in [0.3, 0.4) is 0 Å². The van der Waals surface area contributed by atoms with Crippen LogP contribution in [0, 0.1) is 0 Å². The molecule has 11 heteroatoms. The maximum absolute atomic E-state index is 10.7. The quantitative estimate of drug-likeness (QED) is 0.325. The lowest BCUT2D eigenvalue weighted by atomic mass is 9.99. The average molecular weight is 366 g/mol. The summed E-state index contributed by atoms with van der Waals surface area (Å²) < 4.78 is 25.7. The molecule has 0 aromatic heterocycles. The predicted molar refractivity (Wildman–Crippen MR) is 77.7 cm³/mol. The van der Waals surface area contributed by atoms with E-state index < -0.39 is 45.1 Å². The van der Waals surface area contributed by atoms with Crippen LogP contribution in [0.4, 0.5) is 0 Å². The maximum atomic E-state index is 10.7. The third kappa shape index (κ3) is 4.73. The first-order valence-electron chi connectivity index (χ1n) is 6.98. The van der Waals surface area contributed by atoms with Crippen molar-refractivity contribution in [1.29, 1.82) is 0 Å². The minimum Gasteiger partial charge on any atom is -0.462 e. The van der Waals surface area contributed by atoms with Crippen molar-refractivity contribution in [2.75, 3.05) is 6.61 Å². The summed E-state index contributed by atoms with van der Waals surface area (Å²) in [6.07, 6.45) is -7.74. The maximum Gasteiger partial charge on any atom is 0.469 e. The Kier molecular flexibility index (Phi) is 6.32. The second kappa shape index (κ2) is 7.87. The summed E-state index contributed by atoms with van der Waals surface area (Å²) in [5, 5.41) is 38.9.